The summed E-state index contributed by atoms with van der Waals surface area (Å²) >= 11 is 0. The van der Waals surface area contributed by atoms with Crippen LogP contribution in [-0.2, 0) is 4.74 Å². The number of likely N-dealkylation sites (N-methyl/N-ethyl adjacent to an activating group) is 1. The highest BCUT2D eigenvalue weighted by atomic mass is 16.5. The molecule has 2 N–H and O–H groups in total. The molecule has 1 heterocycles. The standard InChI is InChI=1S/C15H32N2O/c1-13(2)14(8-9-16)6-4-10-17(3)12-15-7-5-11-18-15/h13-15H,4-12,16H2,1-3H3. The molecule has 3 heteroatoms. The minimum atomic E-state index is 0.486. The summed E-state index contributed by atoms with van der Waals surface area (Å²) < 4.78 is 5.67. The molecule has 18 heavy (non-hydrogen) atoms. The molecule has 1 aliphatic rings. The predicted molar refractivity (Wildman–Crippen MR) is 77.7 cm³/mol. The topological polar surface area (TPSA) is 38.5 Å². The molecular weight excluding hydrogens is 224 g/mol. The molecule has 1 fully saturated rings. The molecule has 0 aromatic heterocycles. The number of nitrogens with zero attached hydrogens (tertiary/aromatic N) is 1. The van der Waals surface area contributed by atoms with Crippen molar-refractivity contribution in [3.8, 4) is 0 Å². The third kappa shape index (κ3) is 6.17. The van der Waals surface area contributed by atoms with Crippen molar-refractivity contribution in [2.45, 2.75) is 52.1 Å². The largest absolute Gasteiger partial charge is 0.377 e. The van der Waals surface area contributed by atoms with Gasteiger partial charge in [0.25, 0.3) is 0 Å². The van der Waals surface area contributed by atoms with Crippen molar-refractivity contribution >= 4 is 0 Å². The van der Waals surface area contributed by atoms with Crippen LogP contribution in [0.5, 0.6) is 0 Å². The normalized spacial score (nSPS) is 22.0. The smallest absolute Gasteiger partial charge is 0.0702 e. The van der Waals surface area contributed by atoms with E-state index in [2.05, 4.69) is 25.8 Å². The van der Waals surface area contributed by atoms with Crippen molar-refractivity contribution < 1.29 is 4.74 Å². The molecule has 0 aromatic carbocycles. The highest BCUT2D eigenvalue weighted by molar-refractivity contribution is 4.70. The van der Waals surface area contributed by atoms with Crippen LogP contribution in [0, 0.1) is 11.8 Å². The van der Waals surface area contributed by atoms with Crippen LogP contribution >= 0.6 is 0 Å². The van der Waals surface area contributed by atoms with E-state index >= 15 is 0 Å². The van der Waals surface area contributed by atoms with Crippen LogP contribution in [0.3, 0.4) is 0 Å². The van der Waals surface area contributed by atoms with Gasteiger partial charge in [0.05, 0.1) is 6.10 Å². The summed E-state index contributed by atoms with van der Waals surface area (Å²) in [6.45, 7) is 8.71. The van der Waals surface area contributed by atoms with Crippen molar-refractivity contribution in [1.29, 1.82) is 0 Å². The lowest BCUT2D eigenvalue weighted by atomic mass is 9.88. The molecular formula is C15H32N2O. The molecule has 1 aliphatic heterocycles. The van der Waals surface area contributed by atoms with Crippen LogP contribution in [-0.4, -0.2) is 44.3 Å². The van der Waals surface area contributed by atoms with Gasteiger partial charge in [0.15, 0.2) is 0 Å². The van der Waals surface area contributed by atoms with E-state index in [0.29, 0.717) is 6.10 Å². The first-order valence-corrected chi connectivity index (χ1v) is 7.63. The van der Waals surface area contributed by atoms with Crippen molar-refractivity contribution in [3.05, 3.63) is 0 Å². The summed E-state index contributed by atoms with van der Waals surface area (Å²) in [5.41, 5.74) is 5.68. The van der Waals surface area contributed by atoms with Crippen LogP contribution in [0.15, 0.2) is 0 Å². The molecule has 1 rings (SSSR count). The number of ether oxygens (including phenoxy) is 1. The zero-order valence-electron chi connectivity index (χ0n) is 12.5. The Morgan fingerprint density at radius 2 is 2.11 bits per heavy atom. The molecule has 0 bridgehead atoms. The van der Waals surface area contributed by atoms with Gasteiger partial charge in [0.2, 0.25) is 0 Å². The van der Waals surface area contributed by atoms with Crippen LogP contribution in [0.4, 0.5) is 0 Å². The molecule has 0 aromatic rings. The van der Waals surface area contributed by atoms with E-state index in [1.807, 2.05) is 0 Å². The molecule has 0 aliphatic carbocycles. The fourth-order valence-electron chi connectivity index (χ4n) is 2.88. The first-order chi connectivity index (χ1) is 8.63. The van der Waals surface area contributed by atoms with E-state index in [-0.39, 0.29) is 0 Å². The Morgan fingerprint density at radius 1 is 1.33 bits per heavy atom. The van der Waals surface area contributed by atoms with E-state index in [9.17, 15) is 0 Å². The van der Waals surface area contributed by atoms with Gasteiger partial charge in [-0.15, -0.1) is 0 Å². The maximum absolute atomic E-state index is 5.68. The minimum absolute atomic E-state index is 0.486. The third-order valence-corrected chi connectivity index (χ3v) is 4.13. The first kappa shape index (κ1) is 15.9. The lowest BCUT2D eigenvalue weighted by Gasteiger charge is -2.23. The van der Waals surface area contributed by atoms with Gasteiger partial charge in [-0.25, -0.2) is 0 Å². The average molecular weight is 256 g/mol. The summed E-state index contributed by atoms with van der Waals surface area (Å²) in [6.07, 6.45) is 6.74. The Morgan fingerprint density at radius 3 is 2.67 bits per heavy atom. The van der Waals surface area contributed by atoms with Gasteiger partial charge in [-0.3, -0.25) is 0 Å². The summed E-state index contributed by atoms with van der Waals surface area (Å²) in [4.78, 5) is 2.43. The van der Waals surface area contributed by atoms with Gasteiger partial charge in [-0.1, -0.05) is 13.8 Å². The highest BCUT2D eigenvalue weighted by Crippen LogP contribution is 2.20. The summed E-state index contributed by atoms with van der Waals surface area (Å²) in [7, 11) is 2.22. The number of hydrogen-bond acceptors (Lipinski definition) is 3. The van der Waals surface area contributed by atoms with E-state index < -0.39 is 0 Å². The Hall–Kier alpha value is -0.120. The molecule has 0 amide bonds. The Bertz CT molecular complexity index is 203. The van der Waals surface area contributed by atoms with Crippen molar-refractivity contribution in [1.82, 2.24) is 4.90 Å². The molecule has 0 radical (unpaired) electrons. The molecule has 0 saturated carbocycles. The molecule has 108 valence electrons. The molecule has 2 atom stereocenters. The van der Waals surface area contributed by atoms with Gasteiger partial charge in [0, 0.05) is 13.2 Å². The zero-order valence-corrected chi connectivity index (χ0v) is 12.5. The van der Waals surface area contributed by atoms with Crippen LogP contribution in [0.25, 0.3) is 0 Å². The van der Waals surface area contributed by atoms with Gasteiger partial charge in [-0.2, -0.15) is 0 Å². The van der Waals surface area contributed by atoms with Crippen LogP contribution in [0.2, 0.25) is 0 Å². The van der Waals surface area contributed by atoms with Crippen molar-refractivity contribution in [3.63, 3.8) is 0 Å². The quantitative estimate of drug-likeness (QED) is 0.689. The number of rotatable bonds is 9. The van der Waals surface area contributed by atoms with Gasteiger partial charge >= 0.3 is 0 Å². The van der Waals surface area contributed by atoms with Gasteiger partial charge in [-0.05, 0) is 64.1 Å². The predicted octanol–water partition coefficient (Wildman–Crippen LogP) is 2.50. The minimum Gasteiger partial charge on any atom is -0.377 e. The van der Waals surface area contributed by atoms with E-state index in [1.165, 1.54) is 38.6 Å². The second kappa shape index (κ2) is 8.89. The molecule has 2 unspecified atom stereocenters. The zero-order chi connectivity index (χ0) is 13.4. The van der Waals surface area contributed by atoms with Crippen LogP contribution in [0.1, 0.15) is 46.0 Å². The molecule has 0 spiro atoms. The second-order valence-corrected chi connectivity index (χ2v) is 6.12. The fourth-order valence-corrected chi connectivity index (χ4v) is 2.88. The monoisotopic (exact) mass is 256 g/mol. The lowest BCUT2D eigenvalue weighted by molar-refractivity contribution is 0.0801. The lowest BCUT2D eigenvalue weighted by Crippen LogP contribution is -2.30. The summed E-state index contributed by atoms with van der Waals surface area (Å²) in [5, 5.41) is 0. The molecule has 3 nitrogen and oxygen atoms in total. The second-order valence-electron chi connectivity index (χ2n) is 6.12. The SMILES string of the molecule is CC(C)C(CCN)CCCN(C)CC1CCCO1. The Labute approximate surface area is 113 Å². The van der Waals surface area contributed by atoms with Crippen molar-refractivity contribution in [2.24, 2.45) is 17.6 Å². The number of nitrogens with two attached hydrogens (primary N) is 1. The number of hydrogen-bond donors (Lipinski definition) is 1. The Balaban J connectivity index is 2.10. The molecule has 1 saturated heterocycles. The van der Waals surface area contributed by atoms with Gasteiger partial charge < -0.3 is 15.4 Å². The van der Waals surface area contributed by atoms with E-state index in [0.717, 1.165) is 31.5 Å². The summed E-state index contributed by atoms with van der Waals surface area (Å²) in [5.74, 6) is 1.56. The Kier molecular flexibility index (Phi) is 7.87. The maximum Gasteiger partial charge on any atom is 0.0702 e. The third-order valence-electron chi connectivity index (χ3n) is 4.13. The average Bonchev–Trinajstić information content (AvgIpc) is 2.80. The summed E-state index contributed by atoms with van der Waals surface area (Å²) in [6, 6.07) is 0. The highest BCUT2D eigenvalue weighted by Gasteiger charge is 2.17. The fraction of sp³-hybridized carbons (Fsp3) is 1.00. The maximum atomic E-state index is 5.68. The first-order valence-electron chi connectivity index (χ1n) is 7.63. The van der Waals surface area contributed by atoms with Crippen molar-refractivity contribution in [2.75, 3.05) is 33.3 Å². The van der Waals surface area contributed by atoms with E-state index in [4.69, 9.17) is 10.5 Å². The van der Waals surface area contributed by atoms with Gasteiger partial charge in [0.1, 0.15) is 0 Å². The van der Waals surface area contributed by atoms with E-state index in [1.54, 1.807) is 0 Å². The van der Waals surface area contributed by atoms with Crippen LogP contribution < -0.4 is 5.73 Å².